The monoisotopic (exact) mass is 271 g/mol. The van der Waals surface area contributed by atoms with Gasteiger partial charge in [0.05, 0.1) is 5.02 Å². The lowest BCUT2D eigenvalue weighted by Gasteiger charge is -2.06. The van der Waals surface area contributed by atoms with Gasteiger partial charge in [0.15, 0.2) is 0 Å². The molecule has 0 unspecified atom stereocenters. The fourth-order valence-corrected chi connectivity index (χ4v) is 1.62. The minimum Gasteiger partial charge on any atom is -0.366 e. The molecule has 0 bridgehead atoms. The van der Waals surface area contributed by atoms with Crippen LogP contribution in [0.25, 0.3) is 0 Å². The van der Waals surface area contributed by atoms with E-state index < -0.39 is 5.82 Å². The van der Waals surface area contributed by atoms with Gasteiger partial charge in [0.2, 0.25) is 0 Å². The molecule has 0 aliphatic rings. The van der Waals surface area contributed by atoms with Crippen molar-refractivity contribution >= 4 is 29.0 Å². The van der Waals surface area contributed by atoms with E-state index in [9.17, 15) is 4.39 Å². The molecule has 0 atom stereocenters. The van der Waals surface area contributed by atoms with Crippen molar-refractivity contribution in [3.05, 3.63) is 52.1 Å². The highest BCUT2D eigenvalue weighted by atomic mass is 35.5. The number of hydrogen-bond acceptors (Lipinski definition) is 3. The Morgan fingerprint density at radius 1 is 1.18 bits per heavy atom. The first-order chi connectivity index (χ1) is 8.15. The maximum absolute atomic E-state index is 12.9. The summed E-state index contributed by atoms with van der Waals surface area (Å²) >= 11 is 11.4. The van der Waals surface area contributed by atoms with Crippen LogP contribution in [0.4, 0.5) is 10.2 Å². The van der Waals surface area contributed by atoms with Gasteiger partial charge in [0.25, 0.3) is 0 Å². The Morgan fingerprint density at radius 2 is 2.00 bits per heavy atom. The molecule has 17 heavy (non-hydrogen) atoms. The van der Waals surface area contributed by atoms with Crippen LogP contribution in [0.2, 0.25) is 10.2 Å². The molecule has 1 aromatic carbocycles. The molecule has 3 nitrogen and oxygen atoms in total. The van der Waals surface area contributed by atoms with E-state index in [0.29, 0.717) is 17.5 Å². The number of aromatic nitrogens is 2. The van der Waals surface area contributed by atoms with Gasteiger partial charge in [-0.15, -0.1) is 0 Å². The van der Waals surface area contributed by atoms with E-state index in [1.807, 2.05) is 0 Å². The molecule has 0 aliphatic carbocycles. The molecule has 0 aliphatic heterocycles. The third-order valence-electron chi connectivity index (χ3n) is 2.09. The SMILES string of the molecule is Fc1ccc(CNc2cc(Cl)ncn2)cc1Cl. The average Bonchev–Trinajstić information content (AvgIpc) is 2.31. The van der Waals surface area contributed by atoms with Crippen molar-refractivity contribution in [3.63, 3.8) is 0 Å². The zero-order valence-electron chi connectivity index (χ0n) is 8.62. The highest BCUT2D eigenvalue weighted by Crippen LogP contribution is 2.17. The number of nitrogens with one attached hydrogen (secondary N) is 1. The standard InChI is InChI=1S/C11H8Cl2FN3/c12-8-3-7(1-2-9(8)14)5-15-11-4-10(13)16-6-17-11/h1-4,6H,5H2,(H,15,16,17). The first-order valence-corrected chi connectivity index (χ1v) is 5.56. The second-order valence-electron chi connectivity index (χ2n) is 3.33. The van der Waals surface area contributed by atoms with Crippen LogP contribution in [0.15, 0.2) is 30.6 Å². The number of hydrogen-bond donors (Lipinski definition) is 1. The molecular weight excluding hydrogens is 264 g/mol. The van der Waals surface area contributed by atoms with E-state index in [0.717, 1.165) is 5.56 Å². The summed E-state index contributed by atoms with van der Waals surface area (Å²) < 4.78 is 12.9. The van der Waals surface area contributed by atoms with Gasteiger partial charge in [0, 0.05) is 12.6 Å². The molecule has 0 amide bonds. The summed E-state index contributed by atoms with van der Waals surface area (Å²) in [6.45, 7) is 0.480. The number of benzene rings is 1. The Morgan fingerprint density at radius 3 is 2.71 bits per heavy atom. The third-order valence-corrected chi connectivity index (χ3v) is 2.59. The predicted molar refractivity (Wildman–Crippen MR) is 65.8 cm³/mol. The first kappa shape index (κ1) is 12.1. The number of rotatable bonds is 3. The summed E-state index contributed by atoms with van der Waals surface area (Å²) in [7, 11) is 0. The molecule has 0 saturated heterocycles. The number of anilines is 1. The molecule has 88 valence electrons. The summed E-state index contributed by atoms with van der Waals surface area (Å²) in [5.41, 5.74) is 0.853. The lowest BCUT2D eigenvalue weighted by molar-refractivity contribution is 0.627. The smallest absolute Gasteiger partial charge is 0.141 e. The summed E-state index contributed by atoms with van der Waals surface area (Å²) in [4.78, 5) is 7.75. The summed E-state index contributed by atoms with van der Waals surface area (Å²) in [6.07, 6.45) is 1.36. The van der Waals surface area contributed by atoms with Crippen molar-refractivity contribution in [3.8, 4) is 0 Å². The summed E-state index contributed by atoms with van der Waals surface area (Å²) in [6, 6.07) is 6.14. The molecule has 6 heteroatoms. The maximum atomic E-state index is 12.9. The molecule has 1 N–H and O–H groups in total. The Labute approximate surface area is 108 Å². The second kappa shape index (κ2) is 5.29. The molecule has 0 saturated carbocycles. The van der Waals surface area contributed by atoms with Crippen molar-refractivity contribution < 1.29 is 4.39 Å². The number of halogens is 3. The largest absolute Gasteiger partial charge is 0.366 e. The van der Waals surface area contributed by atoms with E-state index in [1.54, 1.807) is 18.2 Å². The zero-order chi connectivity index (χ0) is 12.3. The van der Waals surface area contributed by atoms with Crippen molar-refractivity contribution in [1.82, 2.24) is 9.97 Å². The number of nitrogens with zero attached hydrogens (tertiary/aromatic N) is 2. The van der Waals surface area contributed by atoms with Crippen LogP contribution in [0.5, 0.6) is 0 Å². The molecule has 1 aromatic heterocycles. The van der Waals surface area contributed by atoms with Crippen LogP contribution < -0.4 is 5.32 Å². The van der Waals surface area contributed by atoms with E-state index >= 15 is 0 Å². The van der Waals surface area contributed by atoms with E-state index in [4.69, 9.17) is 23.2 Å². The van der Waals surface area contributed by atoms with Gasteiger partial charge in [-0.2, -0.15) is 0 Å². The van der Waals surface area contributed by atoms with E-state index in [1.165, 1.54) is 12.4 Å². The van der Waals surface area contributed by atoms with Gasteiger partial charge in [-0.3, -0.25) is 0 Å². The minimum atomic E-state index is -0.430. The second-order valence-corrected chi connectivity index (χ2v) is 4.12. The van der Waals surface area contributed by atoms with E-state index in [2.05, 4.69) is 15.3 Å². The fraction of sp³-hybridized carbons (Fsp3) is 0.0909. The van der Waals surface area contributed by atoms with Gasteiger partial charge in [-0.25, -0.2) is 14.4 Å². The average molecular weight is 272 g/mol. The Balaban J connectivity index is 2.05. The Hall–Kier alpha value is -1.39. The summed E-state index contributed by atoms with van der Waals surface area (Å²) in [5.74, 6) is 0.172. The molecule has 0 fully saturated rings. The Bertz CT molecular complexity index is 534. The topological polar surface area (TPSA) is 37.8 Å². The first-order valence-electron chi connectivity index (χ1n) is 4.80. The highest BCUT2D eigenvalue weighted by molar-refractivity contribution is 6.30. The lowest BCUT2D eigenvalue weighted by Crippen LogP contribution is -2.01. The molecular formula is C11H8Cl2FN3. The minimum absolute atomic E-state index is 0.102. The quantitative estimate of drug-likeness (QED) is 0.868. The van der Waals surface area contributed by atoms with Gasteiger partial charge in [0.1, 0.15) is 23.1 Å². The van der Waals surface area contributed by atoms with Crippen LogP contribution in [0.3, 0.4) is 0 Å². The van der Waals surface area contributed by atoms with Crippen molar-refractivity contribution in [2.24, 2.45) is 0 Å². The molecule has 0 spiro atoms. The van der Waals surface area contributed by atoms with Crippen molar-refractivity contribution in [2.75, 3.05) is 5.32 Å². The van der Waals surface area contributed by atoms with Gasteiger partial charge in [-0.05, 0) is 17.7 Å². The Kier molecular flexibility index (Phi) is 3.76. The zero-order valence-corrected chi connectivity index (χ0v) is 10.1. The van der Waals surface area contributed by atoms with Crippen LogP contribution in [0, 0.1) is 5.82 Å². The normalized spacial score (nSPS) is 10.3. The van der Waals surface area contributed by atoms with Gasteiger partial charge >= 0.3 is 0 Å². The van der Waals surface area contributed by atoms with Gasteiger partial charge in [-0.1, -0.05) is 29.3 Å². The molecule has 2 aromatic rings. The molecule has 2 rings (SSSR count). The van der Waals surface area contributed by atoms with Crippen molar-refractivity contribution in [2.45, 2.75) is 6.54 Å². The van der Waals surface area contributed by atoms with Gasteiger partial charge < -0.3 is 5.32 Å². The molecule has 1 heterocycles. The summed E-state index contributed by atoms with van der Waals surface area (Å²) in [5, 5.41) is 3.49. The van der Waals surface area contributed by atoms with Crippen LogP contribution in [0.1, 0.15) is 5.56 Å². The third kappa shape index (κ3) is 3.28. The fourth-order valence-electron chi connectivity index (χ4n) is 1.27. The maximum Gasteiger partial charge on any atom is 0.141 e. The lowest BCUT2D eigenvalue weighted by atomic mass is 10.2. The van der Waals surface area contributed by atoms with Crippen molar-refractivity contribution in [1.29, 1.82) is 0 Å². The van der Waals surface area contributed by atoms with E-state index in [-0.39, 0.29) is 5.02 Å². The highest BCUT2D eigenvalue weighted by Gasteiger charge is 2.01. The molecule has 0 radical (unpaired) electrons. The van der Waals surface area contributed by atoms with Crippen LogP contribution >= 0.6 is 23.2 Å². The van der Waals surface area contributed by atoms with Crippen LogP contribution in [-0.2, 0) is 6.54 Å². The predicted octanol–water partition coefficient (Wildman–Crippen LogP) is 3.53. The van der Waals surface area contributed by atoms with Crippen LogP contribution in [-0.4, -0.2) is 9.97 Å².